The van der Waals surface area contributed by atoms with Crippen LogP contribution in [0.2, 0.25) is 0 Å². The molecule has 2 nitrogen and oxygen atoms in total. The Hall–Kier alpha value is -8.20. The summed E-state index contributed by atoms with van der Waals surface area (Å²) >= 11 is 0. The lowest BCUT2D eigenvalue weighted by Gasteiger charge is -2.27. The maximum absolute atomic E-state index is 2.45. The van der Waals surface area contributed by atoms with E-state index < -0.39 is 0 Å². The molecule has 0 saturated heterocycles. The van der Waals surface area contributed by atoms with Crippen molar-refractivity contribution in [3.63, 3.8) is 0 Å². The fraction of sp³-hybridized carbons (Fsp3) is 0.0323. The van der Waals surface area contributed by atoms with Crippen molar-refractivity contribution in [2.24, 2.45) is 0 Å². The largest absolute Gasteiger partial charge is 0.310 e. The third kappa shape index (κ3) is 6.60. The molecular weight excluding hydrogens is 773 g/mol. The lowest BCUT2D eigenvalue weighted by molar-refractivity contribution is 0.853. The van der Waals surface area contributed by atoms with Crippen LogP contribution in [0.1, 0.15) is 17.9 Å². The molecule has 0 spiro atoms. The summed E-state index contributed by atoms with van der Waals surface area (Å²) in [5, 5.41) is 7.52. The molecule has 0 fully saturated rings. The van der Waals surface area contributed by atoms with Crippen LogP contribution in [0, 0.1) is 0 Å². The zero-order valence-electron chi connectivity index (χ0n) is 35.4. The number of rotatable bonds is 8. The van der Waals surface area contributed by atoms with Gasteiger partial charge in [0.2, 0.25) is 0 Å². The average molecular weight is 817 g/mol. The molecule has 0 bridgehead atoms. The van der Waals surface area contributed by atoms with Gasteiger partial charge < -0.3 is 9.47 Å². The molecule has 10 aromatic carbocycles. The van der Waals surface area contributed by atoms with Crippen LogP contribution in [0.25, 0.3) is 82.4 Å². The number of fused-ring (bicyclic) bond motifs is 6. The van der Waals surface area contributed by atoms with Gasteiger partial charge in [0.1, 0.15) is 0 Å². The van der Waals surface area contributed by atoms with E-state index in [0.29, 0.717) is 5.92 Å². The molecule has 0 radical (unpaired) electrons. The number of benzene rings is 10. The van der Waals surface area contributed by atoms with Gasteiger partial charge in [-0.15, -0.1) is 0 Å². The van der Waals surface area contributed by atoms with Crippen molar-refractivity contribution >= 4 is 60.4 Å². The van der Waals surface area contributed by atoms with Gasteiger partial charge in [-0.1, -0.05) is 194 Å². The van der Waals surface area contributed by atoms with Crippen molar-refractivity contribution in [3.8, 4) is 39.1 Å². The molecule has 1 unspecified atom stereocenters. The van der Waals surface area contributed by atoms with Crippen molar-refractivity contribution in [1.29, 1.82) is 0 Å². The second-order valence-corrected chi connectivity index (χ2v) is 16.8. The zero-order valence-corrected chi connectivity index (χ0v) is 35.4. The predicted molar refractivity (Wildman–Crippen MR) is 272 cm³/mol. The van der Waals surface area contributed by atoms with Crippen molar-refractivity contribution < 1.29 is 0 Å². The minimum absolute atomic E-state index is 0.341. The first-order chi connectivity index (χ1) is 31.7. The van der Waals surface area contributed by atoms with E-state index in [2.05, 4.69) is 258 Å². The number of hydrogen-bond acceptors (Lipinski definition) is 1. The third-order valence-corrected chi connectivity index (χ3v) is 13.1. The number of allylic oxidation sites excluding steroid dienone is 4. The highest BCUT2D eigenvalue weighted by Gasteiger charge is 2.21. The van der Waals surface area contributed by atoms with Gasteiger partial charge >= 0.3 is 0 Å². The summed E-state index contributed by atoms with van der Waals surface area (Å²) in [7, 11) is 0. The van der Waals surface area contributed by atoms with Crippen molar-refractivity contribution in [2.45, 2.75) is 12.3 Å². The van der Waals surface area contributed by atoms with Crippen molar-refractivity contribution in [1.82, 2.24) is 4.57 Å². The Bertz CT molecular complexity index is 3570. The molecule has 1 aromatic heterocycles. The van der Waals surface area contributed by atoms with Crippen LogP contribution < -0.4 is 4.90 Å². The minimum atomic E-state index is 0.341. The van der Waals surface area contributed by atoms with Gasteiger partial charge in [-0.25, -0.2) is 0 Å². The van der Waals surface area contributed by atoms with E-state index in [1.165, 1.54) is 82.3 Å². The summed E-state index contributed by atoms with van der Waals surface area (Å²) < 4.78 is 2.45. The van der Waals surface area contributed by atoms with Gasteiger partial charge in [-0.05, 0) is 116 Å². The second kappa shape index (κ2) is 15.9. The smallest absolute Gasteiger partial charge is 0.0619 e. The summed E-state index contributed by atoms with van der Waals surface area (Å²) in [4.78, 5) is 2.42. The molecule has 2 heteroatoms. The number of anilines is 3. The normalized spacial score (nSPS) is 13.6. The van der Waals surface area contributed by atoms with Crippen molar-refractivity contribution in [3.05, 3.63) is 254 Å². The topological polar surface area (TPSA) is 8.17 Å². The summed E-state index contributed by atoms with van der Waals surface area (Å²) in [5.41, 5.74) is 15.5. The van der Waals surface area contributed by atoms with Gasteiger partial charge in [-0.3, -0.25) is 0 Å². The van der Waals surface area contributed by atoms with Crippen molar-refractivity contribution in [2.75, 3.05) is 4.90 Å². The van der Waals surface area contributed by atoms with Crippen LogP contribution >= 0.6 is 0 Å². The highest BCUT2D eigenvalue weighted by Crippen LogP contribution is 2.44. The molecule has 0 amide bonds. The zero-order chi connectivity index (χ0) is 42.4. The number of para-hydroxylation sites is 1. The monoisotopic (exact) mass is 816 g/mol. The van der Waals surface area contributed by atoms with Gasteiger partial charge in [0.05, 0.1) is 11.0 Å². The van der Waals surface area contributed by atoms with Gasteiger partial charge in [-0.2, -0.15) is 0 Å². The van der Waals surface area contributed by atoms with E-state index in [0.717, 1.165) is 29.2 Å². The maximum Gasteiger partial charge on any atom is 0.0619 e. The molecular formula is C62H44N2. The highest BCUT2D eigenvalue weighted by atomic mass is 15.1. The molecule has 12 rings (SSSR count). The Labute approximate surface area is 373 Å². The SMILES string of the molecule is C1=CCC(c2cccc(N(c3ccc(-c4ccc(-c5cccc6ccccc56)cc4)cc3)c3cccc(-c4cccc5c4c4ccc6ccccc6c4n5-c4ccccc4)c3)c2)C=C1. The number of hydrogen-bond donors (Lipinski definition) is 0. The van der Waals surface area contributed by atoms with E-state index in [4.69, 9.17) is 0 Å². The predicted octanol–water partition coefficient (Wildman–Crippen LogP) is 17.2. The summed E-state index contributed by atoms with van der Waals surface area (Å²) in [6, 6.07) is 82.4. The Balaban J connectivity index is 0.975. The summed E-state index contributed by atoms with van der Waals surface area (Å²) in [5.74, 6) is 0.341. The maximum atomic E-state index is 2.45. The van der Waals surface area contributed by atoms with E-state index in [1.807, 2.05) is 0 Å². The quantitative estimate of drug-likeness (QED) is 0.148. The Morgan fingerprint density at radius 2 is 1.05 bits per heavy atom. The highest BCUT2D eigenvalue weighted by molar-refractivity contribution is 6.22. The van der Waals surface area contributed by atoms with Crippen LogP contribution in [0.5, 0.6) is 0 Å². The van der Waals surface area contributed by atoms with E-state index in [-0.39, 0.29) is 0 Å². The lowest BCUT2D eigenvalue weighted by atomic mass is 9.92. The van der Waals surface area contributed by atoms with Crippen LogP contribution in [0.4, 0.5) is 17.1 Å². The number of aromatic nitrogens is 1. The Morgan fingerprint density at radius 1 is 0.406 bits per heavy atom. The number of nitrogens with zero attached hydrogens (tertiary/aromatic N) is 2. The fourth-order valence-electron chi connectivity index (χ4n) is 10.0. The van der Waals surface area contributed by atoms with Gasteiger partial charge in [0, 0.05) is 44.8 Å². The molecule has 0 aliphatic heterocycles. The van der Waals surface area contributed by atoms with Gasteiger partial charge in [0.15, 0.2) is 0 Å². The molecule has 1 atom stereocenters. The molecule has 302 valence electrons. The van der Waals surface area contributed by atoms with Gasteiger partial charge in [0.25, 0.3) is 0 Å². The minimum Gasteiger partial charge on any atom is -0.310 e. The first kappa shape index (κ1) is 37.6. The molecule has 64 heavy (non-hydrogen) atoms. The first-order valence-corrected chi connectivity index (χ1v) is 22.3. The second-order valence-electron chi connectivity index (χ2n) is 16.8. The standard InChI is InChI=1S/C62H44N2/c1-3-15-43(16-4-1)49-20-11-24-53(41-49)63(52-38-35-45(36-39-52)44-31-33-48(34-32-44)56-28-13-19-46-17-7-9-26-55(46)56)54-25-12-21-50(42-54)57-29-14-30-60-61(57)59-40-37-47-18-8-10-27-58(47)62(59)64(60)51-22-5-2-6-23-51/h1-15,17-43H,16H2. The third-order valence-electron chi connectivity index (χ3n) is 13.1. The van der Waals surface area contributed by atoms with E-state index in [1.54, 1.807) is 0 Å². The van der Waals surface area contributed by atoms with Crippen LogP contribution in [0.3, 0.4) is 0 Å². The van der Waals surface area contributed by atoms with E-state index >= 15 is 0 Å². The lowest BCUT2D eigenvalue weighted by Crippen LogP contribution is -2.11. The summed E-state index contributed by atoms with van der Waals surface area (Å²) in [6.45, 7) is 0. The molecule has 0 saturated carbocycles. The molecule has 0 N–H and O–H groups in total. The molecule has 11 aromatic rings. The molecule has 1 aliphatic rings. The summed E-state index contributed by atoms with van der Waals surface area (Å²) in [6.07, 6.45) is 9.91. The molecule has 1 heterocycles. The Kier molecular flexibility index (Phi) is 9.34. The molecule has 1 aliphatic carbocycles. The Morgan fingerprint density at radius 3 is 1.84 bits per heavy atom. The van der Waals surface area contributed by atoms with E-state index in [9.17, 15) is 0 Å². The van der Waals surface area contributed by atoms with Crippen LogP contribution in [0.15, 0.2) is 249 Å². The van der Waals surface area contributed by atoms with Crippen LogP contribution in [-0.2, 0) is 0 Å². The average Bonchev–Trinajstić information content (AvgIpc) is 3.73. The fourth-order valence-corrected chi connectivity index (χ4v) is 10.0. The first-order valence-electron chi connectivity index (χ1n) is 22.3. The van der Waals surface area contributed by atoms with Crippen LogP contribution in [-0.4, -0.2) is 4.57 Å².